The summed E-state index contributed by atoms with van der Waals surface area (Å²) >= 11 is 5.83. The number of carbonyl (C=O) groups excluding carboxylic acids is 2. The molecule has 2 aromatic carbocycles. The first-order valence-corrected chi connectivity index (χ1v) is 9.68. The number of hydrogen-bond donors (Lipinski definition) is 3. The van der Waals surface area contributed by atoms with Crippen molar-refractivity contribution in [2.24, 2.45) is 0 Å². The molecular weight excluding hydrogens is 362 g/mol. The largest absolute Gasteiger partial charge is 0.376 e. The molecule has 2 aromatic rings. The number of rotatable bonds is 6. The zero-order valence-electron chi connectivity index (χ0n) is 15.1. The van der Waals surface area contributed by atoms with Gasteiger partial charge in [-0.15, -0.1) is 0 Å². The number of carbonyl (C=O) groups is 2. The van der Waals surface area contributed by atoms with Crippen LogP contribution in [0.15, 0.2) is 48.5 Å². The van der Waals surface area contributed by atoms with Gasteiger partial charge in [0.15, 0.2) is 0 Å². The Bertz CT molecular complexity index is 786. The number of amides is 2. The highest BCUT2D eigenvalue weighted by Gasteiger charge is 2.16. The van der Waals surface area contributed by atoms with E-state index in [9.17, 15) is 9.59 Å². The molecule has 1 aliphatic carbocycles. The number of hydrogen-bond acceptors (Lipinski definition) is 3. The molecule has 0 radical (unpaired) electrons. The quantitative estimate of drug-likeness (QED) is 0.687. The molecule has 0 heterocycles. The van der Waals surface area contributed by atoms with E-state index in [1.807, 2.05) is 12.1 Å². The minimum atomic E-state index is -0.172. The fraction of sp³-hybridized carbons (Fsp3) is 0.333. The number of benzene rings is 2. The van der Waals surface area contributed by atoms with Gasteiger partial charge in [-0.05, 0) is 55.3 Å². The molecule has 2 amide bonds. The average Bonchev–Trinajstić information content (AvgIpc) is 2.69. The summed E-state index contributed by atoms with van der Waals surface area (Å²) in [6, 6.07) is 14.4. The van der Waals surface area contributed by atoms with Crippen molar-refractivity contribution >= 4 is 34.8 Å². The van der Waals surface area contributed by atoms with E-state index in [-0.39, 0.29) is 24.4 Å². The molecule has 6 heteroatoms. The highest BCUT2D eigenvalue weighted by Crippen LogP contribution is 2.18. The maximum atomic E-state index is 12.4. The molecule has 0 atom stereocenters. The standard InChI is InChI=1S/C21H24ClN3O2/c22-16-9-11-18(12-10-16)24-20(26)14-23-19-8-4-5-15(13-19)21(27)25-17-6-2-1-3-7-17/h4-5,8-13,17,23H,1-3,6-7,14H2,(H,24,26)(H,25,27). The van der Waals surface area contributed by atoms with Crippen molar-refractivity contribution in [2.45, 2.75) is 38.1 Å². The van der Waals surface area contributed by atoms with Gasteiger partial charge in [-0.2, -0.15) is 0 Å². The molecule has 0 unspecified atom stereocenters. The summed E-state index contributed by atoms with van der Waals surface area (Å²) in [5, 5.41) is 9.58. The first kappa shape index (κ1) is 19.2. The van der Waals surface area contributed by atoms with E-state index in [1.54, 1.807) is 36.4 Å². The highest BCUT2D eigenvalue weighted by molar-refractivity contribution is 6.30. The summed E-state index contributed by atoms with van der Waals surface area (Å²) in [6.45, 7) is 0.107. The Balaban J connectivity index is 1.51. The van der Waals surface area contributed by atoms with E-state index in [1.165, 1.54) is 19.3 Å². The van der Waals surface area contributed by atoms with Gasteiger partial charge in [0.2, 0.25) is 5.91 Å². The van der Waals surface area contributed by atoms with Crippen molar-refractivity contribution in [1.82, 2.24) is 5.32 Å². The molecule has 1 fully saturated rings. The van der Waals surface area contributed by atoms with Crippen LogP contribution in [0.2, 0.25) is 5.02 Å². The SMILES string of the molecule is O=C(CNc1cccc(C(=O)NC2CCCCC2)c1)Nc1ccc(Cl)cc1. The maximum Gasteiger partial charge on any atom is 0.251 e. The van der Waals surface area contributed by atoms with E-state index in [0.29, 0.717) is 16.3 Å². The molecule has 1 saturated carbocycles. The first-order valence-electron chi connectivity index (χ1n) is 9.30. The van der Waals surface area contributed by atoms with E-state index in [4.69, 9.17) is 11.6 Å². The van der Waals surface area contributed by atoms with Crippen LogP contribution in [-0.2, 0) is 4.79 Å². The molecule has 3 rings (SSSR count). The van der Waals surface area contributed by atoms with Gasteiger partial charge >= 0.3 is 0 Å². The summed E-state index contributed by atoms with van der Waals surface area (Å²) in [5.74, 6) is -0.231. The van der Waals surface area contributed by atoms with Crippen molar-refractivity contribution in [3.05, 3.63) is 59.1 Å². The molecule has 0 saturated heterocycles. The smallest absolute Gasteiger partial charge is 0.251 e. The Morgan fingerprint density at radius 1 is 0.963 bits per heavy atom. The third kappa shape index (κ3) is 6.00. The van der Waals surface area contributed by atoms with Crippen LogP contribution in [0.4, 0.5) is 11.4 Å². The van der Waals surface area contributed by atoms with Gasteiger partial charge in [-0.3, -0.25) is 9.59 Å². The van der Waals surface area contributed by atoms with Gasteiger partial charge in [0, 0.05) is 28.0 Å². The molecule has 1 aliphatic rings. The van der Waals surface area contributed by atoms with Crippen molar-refractivity contribution in [3.8, 4) is 0 Å². The molecule has 0 spiro atoms. The number of anilines is 2. The van der Waals surface area contributed by atoms with Crippen molar-refractivity contribution in [3.63, 3.8) is 0 Å². The van der Waals surface area contributed by atoms with Crippen LogP contribution in [-0.4, -0.2) is 24.4 Å². The topological polar surface area (TPSA) is 70.2 Å². The van der Waals surface area contributed by atoms with E-state index >= 15 is 0 Å². The van der Waals surface area contributed by atoms with Gasteiger partial charge in [-0.25, -0.2) is 0 Å². The Morgan fingerprint density at radius 3 is 2.44 bits per heavy atom. The van der Waals surface area contributed by atoms with Crippen molar-refractivity contribution in [1.29, 1.82) is 0 Å². The van der Waals surface area contributed by atoms with Crippen molar-refractivity contribution in [2.75, 3.05) is 17.2 Å². The lowest BCUT2D eigenvalue weighted by Gasteiger charge is -2.22. The van der Waals surface area contributed by atoms with Gasteiger partial charge in [0.25, 0.3) is 5.91 Å². The second-order valence-corrected chi connectivity index (χ2v) is 7.23. The van der Waals surface area contributed by atoms with Crippen LogP contribution < -0.4 is 16.0 Å². The Morgan fingerprint density at radius 2 is 1.70 bits per heavy atom. The molecule has 27 heavy (non-hydrogen) atoms. The predicted molar refractivity (Wildman–Crippen MR) is 109 cm³/mol. The molecule has 142 valence electrons. The predicted octanol–water partition coefficient (Wildman–Crippen LogP) is 4.45. The number of halogens is 1. The fourth-order valence-electron chi connectivity index (χ4n) is 3.21. The van der Waals surface area contributed by atoms with Crippen LogP contribution in [0.5, 0.6) is 0 Å². The van der Waals surface area contributed by atoms with Gasteiger partial charge in [0.1, 0.15) is 0 Å². The maximum absolute atomic E-state index is 12.4. The minimum absolute atomic E-state index is 0.0591. The van der Waals surface area contributed by atoms with Crippen LogP contribution in [0.25, 0.3) is 0 Å². The van der Waals surface area contributed by atoms with Crippen LogP contribution in [0.1, 0.15) is 42.5 Å². The van der Waals surface area contributed by atoms with E-state index in [2.05, 4.69) is 16.0 Å². The van der Waals surface area contributed by atoms with Crippen LogP contribution in [0.3, 0.4) is 0 Å². The minimum Gasteiger partial charge on any atom is -0.376 e. The zero-order chi connectivity index (χ0) is 19.1. The second-order valence-electron chi connectivity index (χ2n) is 6.80. The third-order valence-electron chi connectivity index (χ3n) is 4.65. The summed E-state index contributed by atoms with van der Waals surface area (Å²) < 4.78 is 0. The lowest BCUT2D eigenvalue weighted by molar-refractivity contribution is -0.114. The molecule has 0 aromatic heterocycles. The highest BCUT2D eigenvalue weighted by atomic mass is 35.5. The summed E-state index contributed by atoms with van der Waals surface area (Å²) in [6.07, 6.45) is 5.71. The summed E-state index contributed by atoms with van der Waals surface area (Å²) in [5.41, 5.74) is 2.02. The lowest BCUT2D eigenvalue weighted by Crippen LogP contribution is -2.36. The molecule has 3 N–H and O–H groups in total. The van der Waals surface area contributed by atoms with E-state index in [0.717, 1.165) is 18.5 Å². The molecule has 0 aliphatic heterocycles. The fourth-order valence-corrected chi connectivity index (χ4v) is 3.33. The normalized spacial score (nSPS) is 14.4. The summed E-state index contributed by atoms with van der Waals surface area (Å²) in [7, 11) is 0. The average molecular weight is 386 g/mol. The zero-order valence-corrected chi connectivity index (χ0v) is 15.9. The Kier molecular flexibility index (Phi) is 6.71. The van der Waals surface area contributed by atoms with E-state index < -0.39 is 0 Å². The Labute approximate surface area is 164 Å². The third-order valence-corrected chi connectivity index (χ3v) is 4.90. The van der Waals surface area contributed by atoms with Crippen LogP contribution >= 0.6 is 11.6 Å². The van der Waals surface area contributed by atoms with Gasteiger partial charge < -0.3 is 16.0 Å². The van der Waals surface area contributed by atoms with Gasteiger partial charge in [0.05, 0.1) is 6.54 Å². The monoisotopic (exact) mass is 385 g/mol. The molecule has 0 bridgehead atoms. The number of nitrogens with one attached hydrogen (secondary N) is 3. The van der Waals surface area contributed by atoms with Crippen LogP contribution in [0, 0.1) is 0 Å². The van der Waals surface area contributed by atoms with Gasteiger partial charge in [-0.1, -0.05) is 36.9 Å². The molecular formula is C21H24ClN3O2. The Hall–Kier alpha value is -2.53. The first-order chi connectivity index (χ1) is 13.1. The second kappa shape index (κ2) is 9.42. The van der Waals surface area contributed by atoms with Crippen molar-refractivity contribution < 1.29 is 9.59 Å². The molecule has 5 nitrogen and oxygen atoms in total. The lowest BCUT2D eigenvalue weighted by atomic mass is 9.95. The summed E-state index contributed by atoms with van der Waals surface area (Å²) in [4.78, 5) is 24.5.